The van der Waals surface area contributed by atoms with Crippen molar-refractivity contribution in [2.24, 2.45) is 5.41 Å². The van der Waals surface area contributed by atoms with Crippen LogP contribution in [0.25, 0.3) is 21.8 Å². The molecular weight excluding hydrogens is 569 g/mol. The third-order valence-corrected chi connectivity index (χ3v) is 7.36. The zero-order valence-electron chi connectivity index (χ0n) is 22.7. The number of ketones is 1. The van der Waals surface area contributed by atoms with Crippen LogP contribution in [0, 0.1) is 5.41 Å². The summed E-state index contributed by atoms with van der Waals surface area (Å²) in [7, 11) is 0. The molecule has 0 unspecified atom stereocenters. The van der Waals surface area contributed by atoms with Crippen molar-refractivity contribution in [2.45, 2.75) is 39.6 Å². The molecule has 0 aliphatic rings. The van der Waals surface area contributed by atoms with Crippen LogP contribution in [-0.2, 0) is 24.4 Å². The number of carbonyl (C=O) groups excluding carboxylic acids is 1. The number of ether oxygens (including phenoxy) is 1. The predicted molar refractivity (Wildman–Crippen MR) is 154 cm³/mol. The molecule has 2 heterocycles. The van der Waals surface area contributed by atoms with Gasteiger partial charge >= 0.3 is 12.1 Å². The SMILES string of the molecule is CC(C)(Cc1c(C(=O)C(F)(F)F)c2cc(OCc3ccc4ccccc4n3)ccc2n1Cc1ccc(Cl)cc1)C(=O)O. The number of para-hydroxylation sites is 1. The van der Waals surface area contributed by atoms with E-state index in [4.69, 9.17) is 16.3 Å². The molecule has 216 valence electrons. The average molecular weight is 595 g/mol. The van der Waals surface area contributed by atoms with E-state index in [1.807, 2.05) is 30.3 Å². The maximum absolute atomic E-state index is 14.0. The van der Waals surface area contributed by atoms with Gasteiger partial charge in [-0.1, -0.05) is 48.0 Å². The molecule has 0 aliphatic heterocycles. The van der Waals surface area contributed by atoms with Crippen molar-refractivity contribution in [1.82, 2.24) is 9.55 Å². The number of fused-ring (bicyclic) bond motifs is 2. The van der Waals surface area contributed by atoms with Crippen molar-refractivity contribution in [2.75, 3.05) is 0 Å². The second-order valence-corrected chi connectivity index (χ2v) is 11.1. The Hall–Kier alpha value is -4.37. The van der Waals surface area contributed by atoms with Crippen molar-refractivity contribution < 1.29 is 32.6 Å². The molecule has 2 aromatic heterocycles. The van der Waals surface area contributed by atoms with Crippen LogP contribution in [-0.4, -0.2) is 32.6 Å². The lowest BCUT2D eigenvalue weighted by Crippen LogP contribution is -2.30. The van der Waals surface area contributed by atoms with E-state index in [-0.39, 0.29) is 36.4 Å². The first-order valence-corrected chi connectivity index (χ1v) is 13.4. The maximum atomic E-state index is 14.0. The minimum Gasteiger partial charge on any atom is -0.487 e. The molecule has 0 amide bonds. The highest BCUT2D eigenvalue weighted by atomic mass is 35.5. The highest BCUT2D eigenvalue weighted by molar-refractivity contribution is 6.30. The van der Waals surface area contributed by atoms with E-state index in [0.717, 1.165) is 10.9 Å². The average Bonchev–Trinajstić information content (AvgIpc) is 3.23. The summed E-state index contributed by atoms with van der Waals surface area (Å²) in [5.74, 6) is -3.02. The molecule has 0 bridgehead atoms. The zero-order chi connectivity index (χ0) is 30.2. The largest absolute Gasteiger partial charge is 0.487 e. The van der Waals surface area contributed by atoms with E-state index < -0.39 is 28.9 Å². The number of carbonyl (C=O) groups is 2. The Morgan fingerprint density at radius 1 is 0.976 bits per heavy atom. The molecule has 5 rings (SSSR count). The molecule has 6 nitrogen and oxygen atoms in total. The number of aromatic nitrogens is 2. The summed E-state index contributed by atoms with van der Waals surface area (Å²) < 4.78 is 49.4. The van der Waals surface area contributed by atoms with Gasteiger partial charge in [-0.2, -0.15) is 13.2 Å². The third-order valence-electron chi connectivity index (χ3n) is 7.11. The predicted octanol–water partition coefficient (Wildman–Crippen LogP) is 7.87. The number of hydrogen-bond donors (Lipinski definition) is 1. The van der Waals surface area contributed by atoms with Gasteiger partial charge in [-0.25, -0.2) is 4.98 Å². The van der Waals surface area contributed by atoms with Gasteiger partial charge in [0.2, 0.25) is 0 Å². The van der Waals surface area contributed by atoms with E-state index >= 15 is 0 Å². The number of halogens is 4. The van der Waals surface area contributed by atoms with Crippen molar-refractivity contribution in [3.05, 3.63) is 106 Å². The van der Waals surface area contributed by atoms with Gasteiger partial charge in [0.25, 0.3) is 5.78 Å². The summed E-state index contributed by atoms with van der Waals surface area (Å²) in [6.45, 7) is 2.95. The van der Waals surface area contributed by atoms with Gasteiger partial charge in [0.05, 0.1) is 22.2 Å². The van der Waals surface area contributed by atoms with E-state index in [1.165, 1.54) is 19.9 Å². The smallest absolute Gasteiger partial charge is 0.454 e. The summed E-state index contributed by atoms with van der Waals surface area (Å²) in [6, 6.07) is 22.6. The lowest BCUT2D eigenvalue weighted by atomic mass is 9.86. The second kappa shape index (κ2) is 11.1. The van der Waals surface area contributed by atoms with E-state index in [9.17, 15) is 27.9 Å². The Morgan fingerprint density at radius 2 is 1.69 bits per heavy atom. The van der Waals surface area contributed by atoms with Crippen molar-refractivity contribution in [1.29, 1.82) is 0 Å². The molecule has 10 heteroatoms. The first kappa shape index (κ1) is 29.1. The van der Waals surface area contributed by atoms with Gasteiger partial charge in [-0.05, 0) is 61.9 Å². The quantitative estimate of drug-likeness (QED) is 0.176. The molecule has 0 aliphatic carbocycles. The highest BCUT2D eigenvalue weighted by Crippen LogP contribution is 2.38. The summed E-state index contributed by atoms with van der Waals surface area (Å²) >= 11 is 6.02. The van der Waals surface area contributed by atoms with E-state index in [0.29, 0.717) is 21.8 Å². The zero-order valence-corrected chi connectivity index (χ0v) is 23.5. The fourth-order valence-electron chi connectivity index (χ4n) is 4.85. The topological polar surface area (TPSA) is 81.4 Å². The molecule has 0 radical (unpaired) electrons. The Labute approximate surface area is 244 Å². The fourth-order valence-corrected chi connectivity index (χ4v) is 4.97. The van der Waals surface area contributed by atoms with Crippen LogP contribution in [0.3, 0.4) is 0 Å². The molecule has 0 saturated heterocycles. The lowest BCUT2D eigenvalue weighted by molar-refractivity contribution is -0.146. The number of benzene rings is 3. The van der Waals surface area contributed by atoms with Gasteiger partial charge in [0, 0.05) is 40.0 Å². The number of carboxylic acid groups (broad SMARTS) is 1. The van der Waals surface area contributed by atoms with E-state index in [1.54, 1.807) is 47.0 Å². The van der Waals surface area contributed by atoms with Crippen molar-refractivity contribution in [3.63, 3.8) is 0 Å². The van der Waals surface area contributed by atoms with E-state index in [2.05, 4.69) is 4.98 Å². The fraction of sp³-hybridized carbons (Fsp3) is 0.219. The van der Waals surface area contributed by atoms with Crippen LogP contribution in [0.1, 0.15) is 41.2 Å². The van der Waals surface area contributed by atoms with Crippen LogP contribution < -0.4 is 4.74 Å². The number of carboxylic acids is 1. The molecule has 42 heavy (non-hydrogen) atoms. The normalized spacial score (nSPS) is 12.1. The molecule has 0 saturated carbocycles. The summed E-state index contributed by atoms with van der Waals surface area (Å²) in [5.41, 5.74) is 0.359. The van der Waals surface area contributed by atoms with Gasteiger partial charge in [-0.15, -0.1) is 0 Å². The second-order valence-electron chi connectivity index (χ2n) is 10.7. The van der Waals surface area contributed by atoms with Crippen LogP contribution in [0.15, 0.2) is 78.9 Å². The summed E-state index contributed by atoms with van der Waals surface area (Å²) in [6.07, 6.45) is -5.51. The minimum atomic E-state index is -5.19. The summed E-state index contributed by atoms with van der Waals surface area (Å²) in [4.78, 5) is 29.5. The summed E-state index contributed by atoms with van der Waals surface area (Å²) in [5, 5.41) is 11.3. The number of pyridine rings is 1. The number of aliphatic carboxylic acids is 1. The van der Waals surface area contributed by atoms with Gasteiger partial charge < -0.3 is 14.4 Å². The molecule has 3 aromatic carbocycles. The van der Waals surface area contributed by atoms with Crippen LogP contribution >= 0.6 is 11.6 Å². The Bertz CT molecular complexity index is 1810. The molecule has 5 aromatic rings. The molecule has 0 spiro atoms. The maximum Gasteiger partial charge on any atom is 0.454 e. The molecule has 1 N–H and O–H groups in total. The van der Waals surface area contributed by atoms with Crippen molar-refractivity contribution in [3.8, 4) is 5.75 Å². The first-order chi connectivity index (χ1) is 19.8. The van der Waals surface area contributed by atoms with Gasteiger partial charge in [0.15, 0.2) is 0 Å². The third kappa shape index (κ3) is 5.97. The molecule has 0 atom stereocenters. The Balaban J connectivity index is 1.63. The first-order valence-electron chi connectivity index (χ1n) is 13.1. The van der Waals surface area contributed by atoms with Crippen LogP contribution in [0.4, 0.5) is 13.2 Å². The number of alkyl halides is 3. The molecule has 0 fully saturated rings. The van der Waals surface area contributed by atoms with Crippen molar-refractivity contribution >= 4 is 45.2 Å². The number of hydrogen-bond acceptors (Lipinski definition) is 4. The van der Waals surface area contributed by atoms with Crippen LogP contribution in [0.5, 0.6) is 5.75 Å². The molecular formula is C32H26ClF3N2O4. The Morgan fingerprint density at radius 3 is 2.38 bits per heavy atom. The minimum absolute atomic E-state index is 0.0199. The monoisotopic (exact) mass is 594 g/mol. The standard InChI is InChI=1S/C32H26ClF3N2O4/c1-31(2,30(40)41)16-27-28(29(39)32(34,35)36)24-15-23(42-18-22-12-9-20-5-3-4-6-25(20)37-22)13-14-26(24)38(27)17-19-7-10-21(33)11-8-19/h3-15H,16-18H2,1-2H3,(H,40,41). The highest BCUT2D eigenvalue weighted by Gasteiger charge is 2.44. The van der Waals surface area contributed by atoms with Gasteiger partial charge in [-0.3, -0.25) is 9.59 Å². The number of Topliss-reactive ketones (excluding diaryl/α,β-unsaturated/α-hetero) is 1. The van der Waals surface area contributed by atoms with Crippen LogP contribution in [0.2, 0.25) is 5.02 Å². The number of nitrogens with zero attached hydrogens (tertiary/aromatic N) is 2. The number of rotatable bonds is 9. The van der Waals surface area contributed by atoms with Gasteiger partial charge in [0.1, 0.15) is 12.4 Å². The lowest BCUT2D eigenvalue weighted by Gasteiger charge is -2.22. The Kier molecular flexibility index (Phi) is 7.72.